The zero-order chi connectivity index (χ0) is 12.2. The van der Waals surface area contributed by atoms with Crippen LogP contribution in [0.5, 0.6) is 5.75 Å². The second kappa shape index (κ2) is 5.30. The summed E-state index contributed by atoms with van der Waals surface area (Å²) in [6.45, 7) is 6.83. The molecular weight excluding hydrogens is 205 g/mol. The number of nitrogens with one attached hydrogen (secondary N) is 1. The molecule has 0 spiro atoms. The lowest BCUT2D eigenvalue weighted by molar-refractivity contribution is 0.369. The van der Waals surface area contributed by atoms with E-state index in [0.717, 1.165) is 6.42 Å². The van der Waals surface area contributed by atoms with Crippen LogP contribution in [-0.4, -0.2) is 12.6 Å². The molecule has 0 atom stereocenters. The van der Waals surface area contributed by atoms with Gasteiger partial charge in [-0.3, -0.25) is 0 Å². The van der Waals surface area contributed by atoms with Crippen LogP contribution in [0, 0.1) is 5.82 Å². The van der Waals surface area contributed by atoms with E-state index in [1.807, 2.05) is 0 Å². The summed E-state index contributed by atoms with van der Waals surface area (Å²) in [6, 6.07) is 4.80. The first kappa shape index (κ1) is 13.0. The summed E-state index contributed by atoms with van der Waals surface area (Å²) in [4.78, 5) is 0. The molecule has 1 aromatic rings. The predicted molar refractivity (Wildman–Crippen MR) is 64.2 cm³/mol. The molecule has 1 rings (SSSR count). The molecule has 90 valence electrons. The van der Waals surface area contributed by atoms with Gasteiger partial charge in [0, 0.05) is 17.6 Å². The number of rotatable bonds is 5. The highest BCUT2D eigenvalue weighted by Crippen LogP contribution is 2.17. The normalized spacial score (nSPS) is 11.6. The van der Waals surface area contributed by atoms with Crippen LogP contribution in [0.2, 0.25) is 0 Å². The first-order valence-corrected chi connectivity index (χ1v) is 5.56. The van der Waals surface area contributed by atoms with Crippen LogP contribution in [0.1, 0.15) is 32.8 Å². The average molecular weight is 225 g/mol. The zero-order valence-corrected chi connectivity index (χ0v) is 10.4. The highest BCUT2D eigenvalue weighted by molar-refractivity contribution is 5.29. The topological polar surface area (TPSA) is 21.3 Å². The second-order valence-corrected chi connectivity index (χ2v) is 4.55. The van der Waals surface area contributed by atoms with Gasteiger partial charge in [0.2, 0.25) is 0 Å². The number of ether oxygens (including phenoxy) is 1. The van der Waals surface area contributed by atoms with Crippen molar-refractivity contribution in [1.82, 2.24) is 5.32 Å². The monoisotopic (exact) mass is 225 g/mol. The van der Waals surface area contributed by atoms with Crippen molar-refractivity contribution in [3.05, 3.63) is 29.6 Å². The first-order chi connectivity index (χ1) is 7.48. The lowest BCUT2D eigenvalue weighted by Crippen LogP contribution is -2.38. The van der Waals surface area contributed by atoms with E-state index in [1.54, 1.807) is 19.2 Å². The molecule has 3 heteroatoms. The number of hydrogen-bond donors (Lipinski definition) is 1. The van der Waals surface area contributed by atoms with Crippen molar-refractivity contribution in [1.29, 1.82) is 0 Å². The SMILES string of the molecule is CCC(C)(C)NCc1cc(OC)ccc1F. The van der Waals surface area contributed by atoms with Crippen molar-refractivity contribution in [3.8, 4) is 5.75 Å². The van der Waals surface area contributed by atoms with E-state index in [4.69, 9.17) is 4.74 Å². The third-order valence-electron chi connectivity index (χ3n) is 2.89. The van der Waals surface area contributed by atoms with E-state index in [9.17, 15) is 4.39 Å². The van der Waals surface area contributed by atoms with Gasteiger partial charge in [0.05, 0.1) is 7.11 Å². The van der Waals surface area contributed by atoms with Gasteiger partial charge in [-0.1, -0.05) is 6.92 Å². The Kier molecular flexibility index (Phi) is 4.30. The van der Waals surface area contributed by atoms with Crippen LogP contribution in [-0.2, 0) is 6.54 Å². The molecule has 1 N–H and O–H groups in total. The maximum absolute atomic E-state index is 13.5. The summed E-state index contributed by atoms with van der Waals surface area (Å²) in [5, 5.41) is 3.32. The third kappa shape index (κ3) is 3.49. The van der Waals surface area contributed by atoms with Crippen LogP contribution >= 0.6 is 0 Å². The maximum atomic E-state index is 13.5. The number of methoxy groups -OCH3 is 1. The predicted octanol–water partition coefficient (Wildman–Crippen LogP) is 3.11. The average Bonchev–Trinajstić information content (AvgIpc) is 2.28. The standard InChI is InChI=1S/C13H20FNO/c1-5-13(2,3)15-9-10-8-11(16-4)6-7-12(10)14/h6-8,15H,5,9H2,1-4H3. The van der Waals surface area contributed by atoms with Crippen molar-refractivity contribution >= 4 is 0 Å². The summed E-state index contributed by atoms with van der Waals surface area (Å²) in [5.74, 6) is 0.493. The molecule has 0 aliphatic carbocycles. The quantitative estimate of drug-likeness (QED) is 0.831. The van der Waals surface area contributed by atoms with Gasteiger partial charge in [0.25, 0.3) is 0 Å². The van der Waals surface area contributed by atoms with Gasteiger partial charge < -0.3 is 10.1 Å². The molecule has 0 aliphatic heterocycles. The summed E-state index contributed by atoms with van der Waals surface area (Å²) in [5.41, 5.74) is 0.663. The molecular formula is C13H20FNO. The fraction of sp³-hybridized carbons (Fsp3) is 0.538. The number of hydrogen-bond acceptors (Lipinski definition) is 2. The van der Waals surface area contributed by atoms with Crippen molar-refractivity contribution in [2.75, 3.05) is 7.11 Å². The highest BCUT2D eigenvalue weighted by atomic mass is 19.1. The maximum Gasteiger partial charge on any atom is 0.127 e. The molecule has 0 bridgehead atoms. The molecule has 0 radical (unpaired) electrons. The second-order valence-electron chi connectivity index (χ2n) is 4.55. The van der Waals surface area contributed by atoms with Crippen molar-refractivity contribution in [2.45, 2.75) is 39.3 Å². The van der Waals surface area contributed by atoms with E-state index >= 15 is 0 Å². The van der Waals surface area contributed by atoms with Crippen LogP contribution in [0.4, 0.5) is 4.39 Å². The van der Waals surface area contributed by atoms with Crippen LogP contribution < -0.4 is 10.1 Å². The summed E-state index contributed by atoms with van der Waals surface area (Å²) < 4.78 is 18.6. The van der Waals surface area contributed by atoms with E-state index < -0.39 is 0 Å². The van der Waals surface area contributed by atoms with Gasteiger partial charge in [0.1, 0.15) is 11.6 Å². The third-order valence-corrected chi connectivity index (χ3v) is 2.89. The van der Waals surface area contributed by atoms with Gasteiger partial charge in [-0.05, 0) is 38.5 Å². The lowest BCUT2D eigenvalue weighted by Gasteiger charge is -2.24. The van der Waals surface area contributed by atoms with Crippen molar-refractivity contribution in [3.63, 3.8) is 0 Å². The Balaban J connectivity index is 2.73. The number of benzene rings is 1. The Labute approximate surface area is 96.8 Å². The van der Waals surface area contributed by atoms with Crippen LogP contribution in [0.3, 0.4) is 0 Å². The molecule has 0 unspecified atom stereocenters. The Bertz CT molecular complexity index is 350. The summed E-state index contributed by atoms with van der Waals surface area (Å²) in [7, 11) is 1.58. The largest absolute Gasteiger partial charge is 0.497 e. The fourth-order valence-electron chi connectivity index (χ4n) is 1.27. The molecule has 1 aromatic carbocycles. The molecule has 0 saturated carbocycles. The first-order valence-electron chi connectivity index (χ1n) is 5.56. The molecule has 0 fully saturated rings. The minimum atomic E-state index is -0.194. The van der Waals surface area contributed by atoms with E-state index in [-0.39, 0.29) is 11.4 Å². The van der Waals surface area contributed by atoms with Crippen molar-refractivity contribution < 1.29 is 9.13 Å². The molecule has 0 aliphatic rings. The van der Waals surface area contributed by atoms with Gasteiger partial charge >= 0.3 is 0 Å². The zero-order valence-electron chi connectivity index (χ0n) is 10.4. The minimum Gasteiger partial charge on any atom is -0.497 e. The minimum absolute atomic E-state index is 0.0233. The number of halogens is 1. The van der Waals surface area contributed by atoms with Gasteiger partial charge in [0.15, 0.2) is 0 Å². The molecule has 0 heterocycles. The highest BCUT2D eigenvalue weighted by Gasteiger charge is 2.14. The Morgan fingerprint density at radius 1 is 1.38 bits per heavy atom. The molecule has 0 aromatic heterocycles. The molecule has 16 heavy (non-hydrogen) atoms. The lowest BCUT2D eigenvalue weighted by atomic mass is 10.0. The van der Waals surface area contributed by atoms with E-state index in [0.29, 0.717) is 17.9 Å². The Hall–Kier alpha value is -1.09. The molecule has 2 nitrogen and oxygen atoms in total. The summed E-state index contributed by atoms with van der Waals surface area (Å²) in [6.07, 6.45) is 0.999. The van der Waals surface area contributed by atoms with Crippen LogP contribution in [0.15, 0.2) is 18.2 Å². The Morgan fingerprint density at radius 3 is 2.62 bits per heavy atom. The van der Waals surface area contributed by atoms with Gasteiger partial charge in [-0.2, -0.15) is 0 Å². The van der Waals surface area contributed by atoms with E-state index in [1.165, 1.54) is 6.07 Å². The molecule has 0 saturated heterocycles. The Morgan fingerprint density at radius 2 is 2.06 bits per heavy atom. The van der Waals surface area contributed by atoms with E-state index in [2.05, 4.69) is 26.1 Å². The van der Waals surface area contributed by atoms with Gasteiger partial charge in [-0.15, -0.1) is 0 Å². The van der Waals surface area contributed by atoms with Crippen LogP contribution in [0.25, 0.3) is 0 Å². The van der Waals surface area contributed by atoms with Gasteiger partial charge in [-0.25, -0.2) is 4.39 Å². The summed E-state index contributed by atoms with van der Waals surface area (Å²) >= 11 is 0. The fourth-order valence-corrected chi connectivity index (χ4v) is 1.27. The van der Waals surface area contributed by atoms with Crippen molar-refractivity contribution in [2.24, 2.45) is 0 Å². The smallest absolute Gasteiger partial charge is 0.127 e. The molecule has 0 amide bonds.